The van der Waals surface area contributed by atoms with Crippen molar-refractivity contribution < 1.29 is 0 Å². The largest absolute Gasteiger partial charge is 0.104 e. The lowest BCUT2D eigenvalue weighted by molar-refractivity contribution is 1.03. The average molecular weight is 193 g/mol. The third kappa shape index (κ3) is 4.01. The van der Waals surface area contributed by atoms with Crippen LogP contribution in [0.2, 0.25) is 5.02 Å². The number of benzene rings is 1. The zero-order valence-electron chi connectivity index (χ0n) is 7.81. The van der Waals surface area contributed by atoms with E-state index in [2.05, 4.69) is 24.8 Å². The molecular weight excluding hydrogens is 180 g/mol. The fourth-order valence-corrected chi connectivity index (χ4v) is 1.33. The molecule has 1 rings (SSSR count). The Morgan fingerprint density at radius 1 is 1.31 bits per heavy atom. The van der Waals surface area contributed by atoms with E-state index in [0.29, 0.717) is 0 Å². The number of halogens is 1. The van der Waals surface area contributed by atoms with Gasteiger partial charge in [-0.1, -0.05) is 30.7 Å². The topological polar surface area (TPSA) is 0 Å². The Morgan fingerprint density at radius 2 is 2.15 bits per heavy atom. The van der Waals surface area contributed by atoms with Crippen LogP contribution in [0.1, 0.15) is 25.3 Å². The molecule has 1 aromatic carbocycles. The minimum Gasteiger partial charge on any atom is -0.104 e. The molecule has 0 nitrogen and oxygen atoms in total. The second kappa shape index (κ2) is 5.67. The lowest BCUT2D eigenvalue weighted by Gasteiger charge is -1.96. The number of aryl methyl sites for hydroxylation is 1. The van der Waals surface area contributed by atoms with E-state index in [1.807, 2.05) is 18.2 Å². The van der Waals surface area contributed by atoms with Crippen LogP contribution in [0, 0.1) is 11.8 Å². The van der Waals surface area contributed by atoms with E-state index in [0.717, 1.165) is 24.3 Å². The molecule has 0 saturated heterocycles. The van der Waals surface area contributed by atoms with Crippen molar-refractivity contribution in [1.82, 2.24) is 0 Å². The van der Waals surface area contributed by atoms with Gasteiger partial charge in [0.25, 0.3) is 0 Å². The highest BCUT2D eigenvalue weighted by Gasteiger charge is 1.91. The minimum atomic E-state index is 0.806. The zero-order chi connectivity index (χ0) is 9.52. The van der Waals surface area contributed by atoms with Crippen molar-refractivity contribution in [2.45, 2.75) is 26.2 Å². The van der Waals surface area contributed by atoms with Crippen LogP contribution in [0.4, 0.5) is 0 Å². The first-order valence-electron chi connectivity index (χ1n) is 4.53. The first-order valence-corrected chi connectivity index (χ1v) is 4.91. The third-order valence-corrected chi connectivity index (χ3v) is 1.96. The van der Waals surface area contributed by atoms with Gasteiger partial charge in [-0.05, 0) is 24.1 Å². The highest BCUT2D eigenvalue weighted by atomic mass is 35.5. The van der Waals surface area contributed by atoms with Crippen LogP contribution in [0.5, 0.6) is 0 Å². The summed E-state index contributed by atoms with van der Waals surface area (Å²) in [5.41, 5.74) is 1.26. The van der Waals surface area contributed by atoms with Gasteiger partial charge < -0.3 is 0 Å². The maximum atomic E-state index is 5.85. The monoisotopic (exact) mass is 192 g/mol. The van der Waals surface area contributed by atoms with E-state index >= 15 is 0 Å². The van der Waals surface area contributed by atoms with Gasteiger partial charge in [0.05, 0.1) is 0 Å². The van der Waals surface area contributed by atoms with E-state index in [9.17, 15) is 0 Å². The summed E-state index contributed by atoms with van der Waals surface area (Å²) in [5.74, 6) is 6.16. The van der Waals surface area contributed by atoms with Crippen LogP contribution in [0.3, 0.4) is 0 Å². The molecule has 1 aromatic rings. The van der Waals surface area contributed by atoms with Crippen LogP contribution < -0.4 is 0 Å². The van der Waals surface area contributed by atoms with E-state index < -0.39 is 0 Å². The average Bonchev–Trinajstić information content (AvgIpc) is 2.13. The summed E-state index contributed by atoms with van der Waals surface area (Å²) in [4.78, 5) is 0. The lowest BCUT2D eigenvalue weighted by Crippen LogP contribution is -1.82. The van der Waals surface area contributed by atoms with Crippen LogP contribution >= 0.6 is 11.6 Å². The standard InChI is InChI=1S/C12H13Cl/c1-2-3-4-5-7-11-8-6-9-12(13)10-11/h6,8-10H,2,5,7H2,1H3. The molecule has 13 heavy (non-hydrogen) atoms. The maximum Gasteiger partial charge on any atom is 0.0408 e. The SMILES string of the molecule is CCC#CCCc1cccc(Cl)c1. The van der Waals surface area contributed by atoms with Crippen molar-refractivity contribution in [3.63, 3.8) is 0 Å². The smallest absolute Gasteiger partial charge is 0.0408 e. The molecule has 0 aliphatic heterocycles. The van der Waals surface area contributed by atoms with Gasteiger partial charge in [0.1, 0.15) is 0 Å². The van der Waals surface area contributed by atoms with Crippen molar-refractivity contribution in [1.29, 1.82) is 0 Å². The Morgan fingerprint density at radius 3 is 2.85 bits per heavy atom. The predicted octanol–water partition coefficient (Wildman–Crippen LogP) is 3.69. The molecule has 0 atom stereocenters. The highest BCUT2D eigenvalue weighted by Crippen LogP contribution is 2.11. The van der Waals surface area contributed by atoms with Gasteiger partial charge in [0.15, 0.2) is 0 Å². The molecule has 0 aromatic heterocycles. The Balaban J connectivity index is 2.45. The Bertz CT molecular complexity index is 317. The maximum absolute atomic E-state index is 5.85. The molecule has 1 heteroatoms. The van der Waals surface area contributed by atoms with Gasteiger partial charge in [-0.15, -0.1) is 11.8 Å². The second-order valence-electron chi connectivity index (χ2n) is 2.84. The summed E-state index contributed by atoms with van der Waals surface area (Å²) < 4.78 is 0. The van der Waals surface area contributed by atoms with E-state index in [4.69, 9.17) is 11.6 Å². The molecule has 0 radical (unpaired) electrons. The summed E-state index contributed by atoms with van der Waals surface area (Å²) in [6.07, 6.45) is 2.86. The molecule has 0 N–H and O–H groups in total. The van der Waals surface area contributed by atoms with Crippen molar-refractivity contribution >= 4 is 11.6 Å². The molecule has 0 heterocycles. The molecular formula is C12H13Cl. The summed E-state index contributed by atoms with van der Waals surface area (Å²) in [7, 11) is 0. The lowest BCUT2D eigenvalue weighted by atomic mass is 10.1. The highest BCUT2D eigenvalue weighted by molar-refractivity contribution is 6.30. The second-order valence-corrected chi connectivity index (χ2v) is 3.27. The third-order valence-electron chi connectivity index (χ3n) is 1.73. The van der Waals surface area contributed by atoms with Gasteiger partial charge in [-0.3, -0.25) is 0 Å². The molecule has 0 aliphatic rings. The van der Waals surface area contributed by atoms with Crippen molar-refractivity contribution in [2.24, 2.45) is 0 Å². The normalized spacial score (nSPS) is 9.08. The summed E-state index contributed by atoms with van der Waals surface area (Å²) in [6, 6.07) is 7.95. The number of hydrogen-bond acceptors (Lipinski definition) is 0. The fourth-order valence-electron chi connectivity index (χ4n) is 1.11. The van der Waals surface area contributed by atoms with Gasteiger partial charge in [0, 0.05) is 17.9 Å². The minimum absolute atomic E-state index is 0.806. The molecule has 0 amide bonds. The predicted molar refractivity (Wildman–Crippen MR) is 57.8 cm³/mol. The van der Waals surface area contributed by atoms with E-state index in [-0.39, 0.29) is 0 Å². The van der Waals surface area contributed by atoms with Crippen LogP contribution in [0.25, 0.3) is 0 Å². The molecule has 0 fully saturated rings. The zero-order valence-corrected chi connectivity index (χ0v) is 8.56. The summed E-state index contributed by atoms with van der Waals surface area (Å²) in [5, 5.41) is 0.806. The molecule has 68 valence electrons. The van der Waals surface area contributed by atoms with Crippen LogP contribution in [-0.4, -0.2) is 0 Å². The van der Waals surface area contributed by atoms with Crippen molar-refractivity contribution in [3.05, 3.63) is 34.9 Å². The Hall–Kier alpha value is -0.930. The molecule has 0 aliphatic carbocycles. The molecule has 0 spiro atoms. The fraction of sp³-hybridized carbons (Fsp3) is 0.333. The Labute approximate surface area is 84.9 Å². The number of hydrogen-bond donors (Lipinski definition) is 0. The quantitative estimate of drug-likeness (QED) is 0.627. The molecule has 0 saturated carbocycles. The van der Waals surface area contributed by atoms with Gasteiger partial charge in [-0.25, -0.2) is 0 Å². The van der Waals surface area contributed by atoms with Crippen LogP contribution in [-0.2, 0) is 6.42 Å². The van der Waals surface area contributed by atoms with Gasteiger partial charge in [0.2, 0.25) is 0 Å². The van der Waals surface area contributed by atoms with Gasteiger partial charge in [-0.2, -0.15) is 0 Å². The van der Waals surface area contributed by atoms with Crippen molar-refractivity contribution in [3.8, 4) is 11.8 Å². The summed E-state index contributed by atoms with van der Waals surface area (Å²) in [6.45, 7) is 2.06. The van der Waals surface area contributed by atoms with Gasteiger partial charge >= 0.3 is 0 Å². The first-order chi connectivity index (χ1) is 6.33. The molecule has 0 bridgehead atoms. The first kappa shape index (κ1) is 10.2. The Kier molecular flexibility index (Phi) is 4.43. The number of rotatable bonds is 2. The molecule has 0 unspecified atom stereocenters. The van der Waals surface area contributed by atoms with E-state index in [1.165, 1.54) is 5.56 Å². The van der Waals surface area contributed by atoms with Crippen LogP contribution in [0.15, 0.2) is 24.3 Å². The van der Waals surface area contributed by atoms with E-state index in [1.54, 1.807) is 0 Å². The van der Waals surface area contributed by atoms with Crippen molar-refractivity contribution in [2.75, 3.05) is 0 Å². The summed E-state index contributed by atoms with van der Waals surface area (Å²) >= 11 is 5.85.